The van der Waals surface area contributed by atoms with E-state index in [2.05, 4.69) is 10.6 Å². The summed E-state index contributed by atoms with van der Waals surface area (Å²) >= 11 is 0. The van der Waals surface area contributed by atoms with E-state index >= 15 is 0 Å². The van der Waals surface area contributed by atoms with Gasteiger partial charge in [-0.25, -0.2) is 4.79 Å². The molecule has 0 saturated carbocycles. The lowest BCUT2D eigenvalue weighted by Crippen LogP contribution is -2.47. The Balaban J connectivity index is 1.65. The third kappa shape index (κ3) is 6.75. The Labute approximate surface area is 165 Å². The molecule has 1 aromatic rings. The number of carbonyl (C=O) groups is 3. The van der Waals surface area contributed by atoms with Crippen LogP contribution in [0.4, 0.5) is 4.79 Å². The number of methoxy groups -OCH3 is 1. The number of nitrogens with one attached hydrogen (secondary N) is 2. The molecule has 0 radical (unpaired) electrons. The van der Waals surface area contributed by atoms with Crippen molar-refractivity contribution in [2.45, 2.75) is 38.6 Å². The van der Waals surface area contributed by atoms with Crippen LogP contribution in [0.15, 0.2) is 24.3 Å². The molecular formula is C20H29N3O5. The summed E-state index contributed by atoms with van der Waals surface area (Å²) in [7, 11) is 1.61. The maximum atomic E-state index is 12.1. The largest absolute Gasteiger partial charge is 0.496 e. The van der Waals surface area contributed by atoms with Crippen molar-refractivity contribution in [1.29, 1.82) is 0 Å². The summed E-state index contributed by atoms with van der Waals surface area (Å²) in [5.74, 6) is 0.171. The number of hydrogen-bond donors (Lipinski definition) is 2. The second kappa shape index (κ2) is 11.2. The van der Waals surface area contributed by atoms with E-state index in [1.54, 1.807) is 18.9 Å². The summed E-state index contributed by atoms with van der Waals surface area (Å²) in [6, 6.07) is 7.60. The van der Waals surface area contributed by atoms with E-state index in [0.717, 1.165) is 11.3 Å². The monoisotopic (exact) mass is 391 g/mol. The van der Waals surface area contributed by atoms with Gasteiger partial charge in [0.05, 0.1) is 13.7 Å². The average Bonchev–Trinajstić information content (AvgIpc) is 2.69. The Kier molecular flexibility index (Phi) is 8.58. The highest BCUT2D eigenvalue weighted by molar-refractivity contribution is 5.96. The number of hydrogen-bond acceptors (Lipinski definition) is 5. The minimum atomic E-state index is -0.318. The maximum absolute atomic E-state index is 12.1. The van der Waals surface area contributed by atoms with Gasteiger partial charge in [0, 0.05) is 25.7 Å². The predicted octanol–water partition coefficient (Wildman–Crippen LogP) is 1.48. The number of para-hydroxylation sites is 1. The smallest absolute Gasteiger partial charge is 0.409 e. The van der Waals surface area contributed by atoms with Crippen molar-refractivity contribution < 1.29 is 23.9 Å². The Bertz CT molecular complexity index is 672. The van der Waals surface area contributed by atoms with Crippen molar-refractivity contribution in [3.63, 3.8) is 0 Å². The van der Waals surface area contributed by atoms with E-state index in [1.807, 2.05) is 24.3 Å². The fraction of sp³-hybridized carbons (Fsp3) is 0.550. The van der Waals surface area contributed by atoms with Gasteiger partial charge in [-0.1, -0.05) is 18.2 Å². The molecule has 3 amide bonds. The van der Waals surface area contributed by atoms with E-state index in [4.69, 9.17) is 9.47 Å². The molecule has 0 bridgehead atoms. The molecular weight excluding hydrogens is 362 g/mol. The molecule has 0 atom stereocenters. The zero-order chi connectivity index (χ0) is 20.4. The van der Waals surface area contributed by atoms with E-state index in [0.29, 0.717) is 45.5 Å². The first-order chi connectivity index (χ1) is 13.5. The molecule has 1 saturated heterocycles. The highest BCUT2D eigenvalue weighted by Gasteiger charge is 2.24. The summed E-state index contributed by atoms with van der Waals surface area (Å²) in [6.07, 6.45) is 1.41. The molecule has 0 spiro atoms. The summed E-state index contributed by atoms with van der Waals surface area (Å²) in [6.45, 7) is 3.63. The zero-order valence-corrected chi connectivity index (χ0v) is 16.5. The molecule has 154 valence electrons. The highest BCUT2D eigenvalue weighted by Crippen LogP contribution is 2.17. The molecule has 0 aliphatic carbocycles. The third-order valence-electron chi connectivity index (χ3n) is 4.62. The molecule has 1 aliphatic heterocycles. The summed E-state index contributed by atoms with van der Waals surface area (Å²) in [4.78, 5) is 37.4. The number of nitrogens with zero attached hydrogens (tertiary/aromatic N) is 1. The second-order valence-electron chi connectivity index (χ2n) is 6.62. The van der Waals surface area contributed by atoms with Gasteiger partial charge >= 0.3 is 6.09 Å². The van der Waals surface area contributed by atoms with Gasteiger partial charge in [0.15, 0.2) is 0 Å². The second-order valence-corrected chi connectivity index (χ2v) is 6.62. The number of carbonyl (C=O) groups excluding carboxylic acids is 3. The molecule has 1 aromatic carbocycles. The Hall–Kier alpha value is -2.77. The van der Waals surface area contributed by atoms with E-state index in [9.17, 15) is 14.4 Å². The van der Waals surface area contributed by atoms with Crippen molar-refractivity contribution in [3.8, 4) is 5.75 Å². The highest BCUT2D eigenvalue weighted by atomic mass is 16.6. The zero-order valence-electron chi connectivity index (χ0n) is 16.5. The number of likely N-dealkylation sites (tertiary alicyclic amines) is 1. The molecule has 8 heteroatoms. The molecule has 1 heterocycles. The van der Waals surface area contributed by atoms with Gasteiger partial charge in [-0.15, -0.1) is 0 Å². The molecule has 1 aliphatic rings. The number of ether oxygens (including phenoxy) is 2. The lowest BCUT2D eigenvalue weighted by Gasteiger charge is -2.31. The minimum Gasteiger partial charge on any atom is -0.496 e. The van der Waals surface area contributed by atoms with Crippen LogP contribution < -0.4 is 15.4 Å². The van der Waals surface area contributed by atoms with Gasteiger partial charge in [-0.05, 0) is 37.8 Å². The lowest BCUT2D eigenvalue weighted by molar-refractivity contribution is -0.129. The van der Waals surface area contributed by atoms with Crippen LogP contribution in [0.1, 0.15) is 31.7 Å². The van der Waals surface area contributed by atoms with Crippen molar-refractivity contribution in [2.75, 3.05) is 33.4 Å². The molecule has 0 unspecified atom stereocenters. The average molecular weight is 391 g/mol. The molecule has 28 heavy (non-hydrogen) atoms. The number of benzene rings is 1. The Morgan fingerprint density at radius 2 is 1.86 bits per heavy atom. The van der Waals surface area contributed by atoms with Crippen molar-refractivity contribution in [3.05, 3.63) is 29.8 Å². The van der Waals surface area contributed by atoms with Gasteiger partial charge in [0.1, 0.15) is 12.2 Å². The van der Waals surface area contributed by atoms with Crippen LogP contribution in [0, 0.1) is 0 Å². The molecule has 2 rings (SSSR count). The molecule has 8 nitrogen and oxygen atoms in total. The third-order valence-corrected chi connectivity index (χ3v) is 4.62. The van der Waals surface area contributed by atoms with Gasteiger partial charge in [0.25, 0.3) is 0 Å². The van der Waals surface area contributed by atoms with Crippen LogP contribution in [0.25, 0.3) is 0 Å². The van der Waals surface area contributed by atoms with Gasteiger partial charge in [-0.3, -0.25) is 9.59 Å². The number of rotatable bonds is 8. The van der Waals surface area contributed by atoms with Crippen LogP contribution in [0.3, 0.4) is 0 Å². The standard InChI is InChI=1S/C20H29N3O5/c1-3-28-20(26)23-12-9-16(10-13-23)22-19(25)14-18(24)21-11-8-15-6-4-5-7-17(15)27-2/h4-7,16H,3,8-14H2,1-2H3,(H,21,24)(H,22,25). The van der Waals surface area contributed by atoms with Crippen molar-refractivity contribution >= 4 is 17.9 Å². The van der Waals surface area contributed by atoms with Crippen LogP contribution in [0.5, 0.6) is 5.75 Å². The van der Waals surface area contributed by atoms with Crippen molar-refractivity contribution in [2.24, 2.45) is 0 Å². The number of piperidine rings is 1. The van der Waals surface area contributed by atoms with Crippen LogP contribution in [-0.2, 0) is 20.7 Å². The van der Waals surface area contributed by atoms with E-state index in [1.165, 1.54) is 0 Å². The first-order valence-corrected chi connectivity index (χ1v) is 9.63. The van der Waals surface area contributed by atoms with Gasteiger partial charge < -0.3 is 25.0 Å². The minimum absolute atomic E-state index is 0.0282. The van der Waals surface area contributed by atoms with Crippen LogP contribution >= 0.6 is 0 Å². The van der Waals surface area contributed by atoms with E-state index < -0.39 is 0 Å². The Morgan fingerprint density at radius 3 is 2.54 bits per heavy atom. The fourth-order valence-electron chi connectivity index (χ4n) is 3.15. The first kappa shape index (κ1) is 21.5. The predicted molar refractivity (Wildman–Crippen MR) is 104 cm³/mol. The van der Waals surface area contributed by atoms with Gasteiger partial charge in [-0.2, -0.15) is 0 Å². The number of amides is 3. The lowest BCUT2D eigenvalue weighted by atomic mass is 10.1. The first-order valence-electron chi connectivity index (χ1n) is 9.63. The Morgan fingerprint density at radius 1 is 1.14 bits per heavy atom. The molecule has 1 fully saturated rings. The summed E-state index contributed by atoms with van der Waals surface area (Å²) in [5.41, 5.74) is 1.00. The van der Waals surface area contributed by atoms with Crippen LogP contribution in [0.2, 0.25) is 0 Å². The quantitative estimate of drug-likeness (QED) is 0.655. The van der Waals surface area contributed by atoms with E-state index in [-0.39, 0.29) is 30.4 Å². The maximum Gasteiger partial charge on any atom is 0.409 e. The molecule has 0 aromatic heterocycles. The normalized spacial score (nSPS) is 14.3. The summed E-state index contributed by atoms with van der Waals surface area (Å²) < 4.78 is 10.3. The van der Waals surface area contributed by atoms with Gasteiger partial charge in [0.2, 0.25) is 11.8 Å². The van der Waals surface area contributed by atoms with Crippen molar-refractivity contribution in [1.82, 2.24) is 15.5 Å². The fourth-order valence-corrected chi connectivity index (χ4v) is 3.15. The molecule has 2 N–H and O–H groups in total. The SMILES string of the molecule is CCOC(=O)N1CCC(NC(=O)CC(=O)NCCc2ccccc2OC)CC1. The van der Waals surface area contributed by atoms with Crippen LogP contribution in [-0.4, -0.2) is 62.2 Å². The summed E-state index contributed by atoms with van der Waals surface area (Å²) in [5, 5.41) is 5.63. The topological polar surface area (TPSA) is 97.0 Å².